The van der Waals surface area contributed by atoms with Crippen LogP contribution in [0.25, 0.3) is 0 Å². The van der Waals surface area contributed by atoms with E-state index in [1.807, 2.05) is 0 Å². The maximum atomic E-state index is 11.9. The summed E-state index contributed by atoms with van der Waals surface area (Å²) in [5.41, 5.74) is -0.622. The zero-order chi connectivity index (χ0) is 12.3. The minimum atomic E-state index is -3.08. The van der Waals surface area contributed by atoms with Crippen molar-refractivity contribution in [1.29, 1.82) is 5.26 Å². The van der Waals surface area contributed by atoms with Crippen LogP contribution in [0.4, 0.5) is 8.78 Å². The standard InChI is InChI=1S/C9H5F2NO3S/c10-9(11)15-5-2-1-4(3-12)6(7(5)16)8(13)14/h1-2,9,16H,(H,13,14). The van der Waals surface area contributed by atoms with Gasteiger partial charge in [0, 0.05) is 0 Å². The molecule has 0 heterocycles. The Morgan fingerprint density at radius 3 is 2.62 bits per heavy atom. The zero-order valence-electron chi connectivity index (χ0n) is 7.65. The molecule has 0 atom stereocenters. The van der Waals surface area contributed by atoms with Crippen molar-refractivity contribution in [2.45, 2.75) is 11.5 Å². The van der Waals surface area contributed by atoms with E-state index in [0.717, 1.165) is 12.1 Å². The minimum absolute atomic E-state index is 0.167. The molecule has 0 aromatic heterocycles. The predicted octanol–water partition coefficient (Wildman–Crippen LogP) is 2.15. The minimum Gasteiger partial charge on any atom is -0.478 e. The number of benzene rings is 1. The van der Waals surface area contributed by atoms with Crippen molar-refractivity contribution in [3.05, 3.63) is 23.3 Å². The number of hydrogen-bond acceptors (Lipinski definition) is 4. The predicted molar refractivity (Wildman–Crippen MR) is 52.0 cm³/mol. The molecular formula is C9H5F2NO3S. The molecular weight excluding hydrogens is 240 g/mol. The van der Waals surface area contributed by atoms with Gasteiger partial charge in [0.25, 0.3) is 0 Å². The van der Waals surface area contributed by atoms with Gasteiger partial charge in [0.1, 0.15) is 11.8 Å². The van der Waals surface area contributed by atoms with Crippen molar-refractivity contribution < 1.29 is 23.4 Å². The Morgan fingerprint density at radius 2 is 2.19 bits per heavy atom. The highest BCUT2D eigenvalue weighted by atomic mass is 32.1. The second-order valence-corrected chi connectivity index (χ2v) is 3.08. The molecule has 0 radical (unpaired) electrons. The molecule has 0 aliphatic rings. The second kappa shape index (κ2) is 4.81. The molecule has 16 heavy (non-hydrogen) atoms. The highest BCUT2D eigenvalue weighted by Crippen LogP contribution is 2.30. The molecule has 0 bridgehead atoms. The normalized spacial score (nSPS) is 9.94. The van der Waals surface area contributed by atoms with E-state index < -0.39 is 18.1 Å². The second-order valence-electron chi connectivity index (χ2n) is 2.63. The molecule has 0 aliphatic carbocycles. The quantitative estimate of drug-likeness (QED) is 0.800. The fourth-order valence-corrected chi connectivity index (χ4v) is 1.42. The number of nitriles is 1. The average molecular weight is 245 g/mol. The number of rotatable bonds is 3. The highest BCUT2D eigenvalue weighted by Gasteiger charge is 2.19. The lowest BCUT2D eigenvalue weighted by Crippen LogP contribution is -2.07. The summed E-state index contributed by atoms with van der Waals surface area (Å²) < 4.78 is 27.9. The van der Waals surface area contributed by atoms with E-state index in [2.05, 4.69) is 17.4 Å². The molecule has 0 amide bonds. The van der Waals surface area contributed by atoms with E-state index in [0.29, 0.717) is 0 Å². The molecule has 0 aliphatic heterocycles. The number of halogens is 2. The third-order valence-electron chi connectivity index (χ3n) is 1.69. The van der Waals surface area contributed by atoms with Gasteiger partial charge in [-0.15, -0.1) is 12.6 Å². The van der Waals surface area contributed by atoms with Gasteiger partial charge in [0.15, 0.2) is 0 Å². The topological polar surface area (TPSA) is 70.3 Å². The van der Waals surface area contributed by atoms with Crippen LogP contribution in [-0.4, -0.2) is 17.7 Å². The van der Waals surface area contributed by atoms with Crippen molar-refractivity contribution in [1.82, 2.24) is 0 Å². The van der Waals surface area contributed by atoms with Crippen LogP contribution in [-0.2, 0) is 0 Å². The van der Waals surface area contributed by atoms with E-state index in [-0.39, 0.29) is 16.2 Å². The molecule has 0 saturated heterocycles. The van der Waals surface area contributed by atoms with Gasteiger partial charge >= 0.3 is 12.6 Å². The fraction of sp³-hybridized carbons (Fsp3) is 0.111. The maximum Gasteiger partial charge on any atom is 0.387 e. The molecule has 1 N–H and O–H groups in total. The molecule has 0 unspecified atom stereocenters. The first kappa shape index (κ1) is 12.3. The number of alkyl halides is 2. The van der Waals surface area contributed by atoms with Crippen molar-refractivity contribution in [2.75, 3.05) is 0 Å². The van der Waals surface area contributed by atoms with Gasteiger partial charge in [0.2, 0.25) is 0 Å². The summed E-state index contributed by atoms with van der Waals surface area (Å²) in [4.78, 5) is 10.5. The van der Waals surface area contributed by atoms with Crippen molar-refractivity contribution >= 4 is 18.6 Å². The Labute approximate surface area is 94.5 Å². The summed E-state index contributed by atoms with van der Waals surface area (Å²) in [6.07, 6.45) is 0. The van der Waals surface area contributed by atoms with Gasteiger partial charge in [-0.2, -0.15) is 14.0 Å². The molecule has 1 aromatic rings. The number of hydrogen-bond donors (Lipinski definition) is 2. The van der Waals surface area contributed by atoms with Gasteiger partial charge < -0.3 is 9.84 Å². The van der Waals surface area contributed by atoms with Crippen molar-refractivity contribution in [3.8, 4) is 11.8 Å². The Balaban J connectivity index is 3.33. The van der Waals surface area contributed by atoms with Gasteiger partial charge in [-0.25, -0.2) is 4.79 Å². The molecule has 84 valence electrons. The lowest BCUT2D eigenvalue weighted by atomic mass is 10.1. The molecule has 4 nitrogen and oxygen atoms in total. The van der Waals surface area contributed by atoms with E-state index in [1.165, 1.54) is 0 Å². The van der Waals surface area contributed by atoms with Gasteiger partial charge in [-0.05, 0) is 12.1 Å². The lowest BCUT2D eigenvalue weighted by molar-refractivity contribution is -0.0517. The van der Waals surface area contributed by atoms with Crippen LogP contribution in [0.5, 0.6) is 5.75 Å². The maximum absolute atomic E-state index is 11.9. The van der Waals surface area contributed by atoms with E-state index >= 15 is 0 Å². The molecule has 0 saturated carbocycles. The summed E-state index contributed by atoms with van der Waals surface area (Å²) in [6, 6.07) is 3.78. The van der Waals surface area contributed by atoms with Crippen molar-refractivity contribution in [2.24, 2.45) is 0 Å². The number of carboxylic acid groups (broad SMARTS) is 1. The molecule has 1 rings (SSSR count). The third-order valence-corrected chi connectivity index (χ3v) is 2.14. The molecule has 0 fully saturated rings. The molecule has 7 heteroatoms. The van der Waals surface area contributed by atoms with Crippen LogP contribution < -0.4 is 4.74 Å². The Kier molecular flexibility index (Phi) is 3.68. The van der Waals surface area contributed by atoms with Crippen molar-refractivity contribution in [3.63, 3.8) is 0 Å². The number of carboxylic acids is 1. The number of carbonyl (C=O) groups is 1. The largest absolute Gasteiger partial charge is 0.478 e. The lowest BCUT2D eigenvalue weighted by Gasteiger charge is -2.09. The first-order valence-electron chi connectivity index (χ1n) is 3.91. The Hall–Kier alpha value is -1.81. The average Bonchev–Trinajstić information content (AvgIpc) is 2.19. The Morgan fingerprint density at radius 1 is 1.56 bits per heavy atom. The van der Waals surface area contributed by atoms with Crippen LogP contribution in [0.3, 0.4) is 0 Å². The summed E-state index contributed by atoms with van der Waals surface area (Å²) in [5, 5.41) is 17.4. The summed E-state index contributed by atoms with van der Waals surface area (Å²) in [5.74, 6) is -1.81. The summed E-state index contributed by atoms with van der Waals surface area (Å²) in [7, 11) is 0. The van der Waals surface area contributed by atoms with E-state index in [1.54, 1.807) is 6.07 Å². The fourth-order valence-electron chi connectivity index (χ4n) is 1.07. The van der Waals surface area contributed by atoms with Gasteiger partial charge in [0.05, 0.1) is 16.0 Å². The van der Waals surface area contributed by atoms with E-state index in [9.17, 15) is 13.6 Å². The first-order valence-corrected chi connectivity index (χ1v) is 4.36. The number of thiol groups is 1. The first-order chi connectivity index (χ1) is 7.47. The number of nitrogens with zero attached hydrogens (tertiary/aromatic N) is 1. The van der Waals surface area contributed by atoms with Crippen LogP contribution in [0.2, 0.25) is 0 Å². The third kappa shape index (κ3) is 2.41. The van der Waals surface area contributed by atoms with Gasteiger partial charge in [-0.1, -0.05) is 0 Å². The van der Waals surface area contributed by atoms with Gasteiger partial charge in [-0.3, -0.25) is 0 Å². The monoisotopic (exact) mass is 245 g/mol. The SMILES string of the molecule is N#Cc1ccc(OC(F)F)c(S)c1C(=O)O. The Bertz CT molecular complexity index is 471. The summed E-state index contributed by atoms with van der Waals surface area (Å²) >= 11 is 3.76. The zero-order valence-corrected chi connectivity index (χ0v) is 8.54. The van der Waals surface area contributed by atoms with Crippen LogP contribution in [0, 0.1) is 11.3 Å². The number of ether oxygens (including phenoxy) is 1. The van der Waals surface area contributed by atoms with E-state index in [4.69, 9.17) is 10.4 Å². The number of aromatic carboxylic acids is 1. The highest BCUT2D eigenvalue weighted by molar-refractivity contribution is 7.80. The smallest absolute Gasteiger partial charge is 0.387 e. The molecule has 0 spiro atoms. The van der Waals surface area contributed by atoms with Crippen LogP contribution >= 0.6 is 12.6 Å². The molecule has 1 aromatic carbocycles. The summed E-state index contributed by atoms with van der Waals surface area (Å²) in [6.45, 7) is -3.08. The van der Waals surface area contributed by atoms with Crippen LogP contribution in [0.15, 0.2) is 17.0 Å². The van der Waals surface area contributed by atoms with Crippen LogP contribution in [0.1, 0.15) is 15.9 Å².